The summed E-state index contributed by atoms with van der Waals surface area (Å²) in [6.45, 7) is 3.11. The minimum atomic E-state index is -0.342. The van der Waals surface area contributed by atoms with Gasteiger partial charge in [-0.1, -0.05) is 25.0 Å². The molecule has 0 saturated heterocycles. The molecule has 0 radical (unpaired) electrons. The van der Waals surface area contributed by atoms with E-state index in [2.05, 4.69) is 15.6 Å². The van der Waals surface area contributed by atoms with Gasteiger partial charge >= 0.3 is 6.03 Å². The molecule has 1 aliphatic carbocycles. The summed E-state index contributed by atoms with van der Waals surface area (Å²) in [6, 6.07) is 8.55. The Kier molecular flexibility index (Phi) is 6.46. The fourth-order valence-electron chi connectivity index (χ4n) is 3.36. The van der Waals surface area contributed by atoms with Gasteiger partial charge < -0.3 is 15.4 Å². The summed E-state index contributed by atoms with van der Waals surface area (Å²) in [7, 11) is 0. The number of urea groups is 1. The lowest BCUT2D eigenvalue weighted by Gasteiger charge is -2.13. The first-order valence-corrected chi connectivity index (χ1v) is 9.50. The Morgan fingerprint density at radius 1 is 1.30 bits per heavy atom. The zero-order chi connectivity index (χ0) is 19.1. The van der Waals surface area contributed by atoms with Crippen molar-refractivity contribution in [3.8, 4) is 5.75 Å². The monoisotopic (exact) mass is 370 g/mol. The summed E-state index contributed by atoms with van der Waals surface area (Å²) < 4.78 is 7.01. The van der Waals surface area contributed by atoms with Gasteiger partial charge in [0.05, 0.1) is 24.3 Å². The molecule has 1 aromatic carbocycles. The Morgan fingerprint density at radius 2 is 2.07 bits per heavy atom. The van der Waals surface area contributed by atoms with Crippen molar-refractivity contribution in [3.63, 3.8) is 0 Å². The van der Waals surface area contributed by atoms with Gasteiger partial charge in [0, 0.05) is 25.1 Å². The summed E-state index contributed by atoms with van der Waals surface area (Å²) in [4.78, 5) is 28.8. The van der Waals surface area contributed by atoms with Gasteiger partial charge in [0.2, 0.25) is 0 Å². The number of carbonyl (C=O) groups is 1. The average molecular weight is 370 g/mol. The van der Waals surface area contributed by atoms with Gasteiger partial charge in [-0.2, -0.15) is 0 Å². The molecule has 1 aliphatic rings. The molecular formula is C20H26N4O3. The van der Waals surface area contributed by atoms with Gasteiger partial charge in [0.25, 0.3) is 5.56 Å². The molecule has 1 saturated carbocycles. The number of rotatable bonds is 7. The summed E-state index contributed by atoms with van der Waals surface area (Å²) in [6.07, 6.45) is 6.23. The van der Waals surface area contributed by atoms with Crippen LogP contribution in [0.3, 0.4) is 0 Å². The van der Waals surface area contributed by atoms with Crippen molar-refractivity contribution in [1.82, 2.24) is 14.9 Å². The smallest absolute Gasteiger partial charge is 0.319 e. The minimum Gasteiger partial charge on any atom is -0.492 e. The largest absolute Gasteiger partial charge is 0.492 e. The Hall–Kier alpha value is -2.83. The molecule has 144 valence electrons. The van der Waals surface area contributed by atoms with Crippen LogP contribution < -0.4 is 20.9 Å². The summed E-state index contributed by atoms with van der Waals surface area (Å²) in [5, 5.41) is 5.52. The highest BCUT2D eigenvalue weighted by molar-refractivity contribution is 5.90. The van der Waals surface area contributed by atoms with Gasteiger partial charge in [-0.15, -0.1) is 0 Å². The first kappa shape index (κ1) is 18.9. The van der Waals surface area contributed by atoms with Gasteiger partial charge in [-0.3, -0.25) is 9.36 Å². The van der Waals surface area contributed by atoms with Crippen LogP contribution in [0.25, 0.3) is 0 Å². The molecule has 1 aromatic heterocycles. The molecule has 1 heterocycles. The molecule has 1 fully saturated rings. The van der Waals surface area contributed by atoms with Crippen LogP contribution >= 0.6 is 0 Å². The van der Waals surface area contributed by atoms with E-state index in [9.17, 15) is 9.59 Å². The first-order chi connectivity index (χ1) is 13.2. The van der Waals surface area contributed by atoms with E-state index in [1.54, 1.807) is 24.5 Å². The van der Waals surface area contributed by atoms with Crippen molar-refractivity contribution in [1.29, 1.82) is 0 Å². The second-order valence-corrected chi connectivity index (χ2v) is 6.64. The van der Waals surface area contributed by atoms with Crippen molar-refractivity contribution >= 4 is 11.7 Å². The highest BCUT2D eigenvalue weighted by Gasteiger charge is 2.18. The van der Waals surface area contributed by atoms with Crippen LogP contribution in [0.1, 0.15) is 44.2 Å². The number of carbonyl (C=O) groups excluding carboxylic acids is 1. The number of hydrogen-bond donors (Lipinski definition) is 2. The Bertz CT molecular complexity index is 828. The van der Waals surface area contributed by atoms with Gasteiger partial charge in [0.15, 0.2) is 0 Å². The molecule has 0 unspecified atom stereocenters. The lowest BCUT2D eigenvalue weighted by atomic mass is 10.0. The molecule has 2 aromatic rings. The van der Waals surface area contributed by atoms with Crippen molar-refractivity contribution in [2.75, 3.05) is 18.5 Å². The van der Waals surface area contributed by atoms with Crippen LogP contribution in [0.4, 0.5) is 10.5 Å². The van der Waals surface area contributed by atoms with E-state index >= 15 is 0 Å². The number of hydrogen-bond acceptors (Lipinski definition) is 4. The van der Waals surface area contributed by atoms with Gasteiger partial charge in [-0.25, -0.2) is 9.78 Å². The Labute approximate surface area is 158 Å². The second kappa shape index (κ2) is 9.21. The normalized spacial score (nSPS) is 14.1. The fraction of sp³-hybridized carbons (Fsp3) is 0.450. The van der Waals surface area contributed by atoms with Crippen molar-refractivity contribution in [3.05, 3.63) is 52.7 Å². The first-order valence-electron chi connectivity index (χ1n) is 9.50. The maximum absolute atomic E-state index is 12.3. The summed E-state index contributed by atoms with van der Waals surface area (Å²) in [5.74, 6) is 1.04. The molecular weight excluding hydrogens is 344 g/mol. The maximum Gasteiger partial charge on any atom is 0.319 e. The average Bonchev–Trinajstić information content (AvgIpc) is 3.19. The van der Waals surface area contributed by atoms with E-state index in [0.29, 0.717) is 37.1 Å². The summed E-state index contributed by atoms with van der Waals surface area (Å²) >= 11 is 0. The van der Waals surface area contributed by atoms with Crippen LogP contribution in [0.15, 0.2) is 41.5 Å². The van der Waals surface area contributed by atoms with Crippen molar-refractivity contribution in [2.24, 2.45) is 0 Å². The number of nitrogens with zero attached hydrogens (tertiary/aromatic N) is 2. The number of aromatic nitrogens is 2. The Morgan fingerprint density at radius 3 is 2.81 bits per heavy atom. The van der Waals surface area contributed by atoms with E-state index in [4.69, 9.17) is 4.74 Å². The fourth-order valence-corrected chi connectivity index (χ4v) is 3.36. The van der Waals surface area contributed by atoms with Crippen LogP contribution in [0, 0.1) is 0 Å². The number of nitrogens with one attached hydrogen (secondary N) is 2. The third-order valence-corrected chi connectivity index (χ3v) is 4.75. The van der Waals surface area contributed by atoms with Crippen LogP contribution in [-0.2, 0) is 6.54 Å². The predicted molar refractivity (Wildman–Crippen MR) is 104 cm³/mol. The SMILES string of the molecule is CCOc1ccccc1NC(=O)NCCn1cnc(C2CCCC2)cc1=O. The van der Waals surface area contributed by atoms with Crippen LogP contribution in [0.5, 0.6) is 5.75 Å². The van der Waals surface area contributed by atoms with Crippen molar-refractivity contribution < 1.29 is 9.53 Å². The number of para-hydroxylation sites is 2. The summed E-state index contributed by atoms with van der Waals surface area (Å²) in [5.41, 5.74) is 1.43. The standard InChI is InChI=1S/C20H26N4O3/c1-2-27-18-10-6-5-9-16(18)23-20(26)21-11-12-24-14-22-17(13-19(24)25)15-7-3-4-8-15/h5-6,9-10,13-15H,2-4,7-8,11-12H2,1H3,(H2,21,23,26). The quantitative estimate of drug-likeness (QED) is 0.784. The number of benzene rings is 1. The predicted octanol–water partition coefficient (Wildman–Crippen LogP) is 3.12. The molecule has 7 nitrogen and oxygen atoms in total. The third-order valence-electron chi connectivity index (χ3n) is 4.75. The molecule has 0 aliphatic heterocycles. The lowest BCUT2D eigenvalue weighted by Crippen LogP contribution is -2.34. The molecule has 0 atom stereocenters. The van der Waals surface area contributed by atoms with E-state index in [1.165, 1.54) is 17.4 Å². The molecule has 27 heavy (non-hydrogen) atoms. The molecule has 0 bridgehead atoms. The minimum absolute atomic E-state index is 0.0733. The van der Waals surface area contributed by atoms with E-state index in [-0.39, 0.29) is 11.6 Å². The topological polar surface area (TPSA) is 85.2 Å². The third kappa shape index (κ3) is 5.09. The molecule has 2 amide bonds. The molecule has 3 rings (SSSR count). The second-order valence-electron chi connectivity index (χ2n) is 6.64. The number of ether oxygens (including phenoxy) is 1. The van der Waals surface area contributed by atoms with Gasteiger partial charge in [0.1, 0.15) is 5.75 Å². The Balaban J connectivity index is 1.51. The van der Waals surface area contributed by atoms with E-state index in [1.807, 2.05) is 19.1 Å². The number of amides is 2. The lowest BCUT2D eigenvalue weighted by molar-refractivity contribution is 0.251. The van der Waals surface area contributed by atoms with E-state index in [0.717, 1.165) is 18.5 Å². The zero-order valence-electron chi connectivity index (χ0n) is 15.6. The molecule has 0 spiro atoms. The van der Waals surface area contributed by atoms with Crippen LogP contribution in [-0.4, -0.2) is 28.7 Å². The number of anilines is 1. The molecule has 7 heteroatoms. The molecule has 2 N–H and O–H groups in total. The van der Waals surface area contributed by atoms with Gasteiger partial charge in [-0.05, 0) is 31.9 Å². The zero-order valence-corrected chi connectivity index (χ0v) is 15.6. The van der Waals surface area contributed by atoms with E-state index < -0.39 is 0 Å². The highest BCUT2D eigenvalue weighted by Crippen LogP contribution is 2.32. The van der Waals surface area contributed by atoms with Crippen LogP contribution in [0.2, 0.25) is 0 Å². The van der Waals surface area contributed by atoms with Crippen molar-refractivity contribution in [2.45, 2.75) is 45.1 Å². The maximum atomic E-state index is 12.3. The highest BCUT2D eigenvalue weighted by atomic mass is 16.5.